The van der Waals surface area contributed by atoms with Crippen LogP contribution in [0.1, 0.15) is 46.0 Å². The first-order chi connectivity index (χ1) is 6.07. The van der Waals surface area contributed by atoms with Gasteiger partial charge in [0.05, 0.1) is 0 Å². The number of allylic oxidation sites excluding steroid dienone is 2. The third-order valence-corrected chi connectivity index (χ3v) is 3.74. The molecule has 0 bridgehead atoms. The summed E-state index contributed by atoms with van der Waals surface area (Å²) in [6, 6.07) is 0. The van der Waals surface area contributed by atoms with E-state index in [1.165, 1.54) is 6.42 Å². The van der Waals surface area contributed by atoms with Crippen LogP contribution in [-0.2, 0) is 4.79 Å². The smallest absolute Gasteiger partial charge is 0.145 e. The van der Waals surface area contributed by atoms with Crippen LogP contribution in [0.3, 0.4) is 0 Å². The molecule has 0 N–H and O–H groups in total. The number of carbonyl (C=O) groups excluding carboxylic acids is 1. The maximum atomic E-state index is 12.2. The second kappa shape index (κ2) is 2.70. The maximum Gasteiger partial charge on any atom is 0.145 e. The van der Waals surface area contributed by atoms with Crippen molar-refractivity contribution >= 4 is 5.78 Å². The molecular formula is C12H18O. The van der Waals surface area contributed by atoms with Crippen molar-refractivity contribution < 1.29 is 4.79 Å². The molecule has 1 nitrogen and oxygen atoms in total. The van der Waals surface area contributed by atoms with Crippen LogP contribution in [0.5, 0.6) is 0 Å². The summed E-state index contributed by atoms with van der Waals surface area (Å²) >= 11 is 0. The molecule has 2 aliphatic carbocycles. The SMILES string of the molecule is CC1(C)CCCC2(CC=CC2)C1=O. The van der Waals surface area contributed by atoms with Crippen LogP contribution in [0.2, 0.25) is 0 Å². The second-order valence-corrected chi connectivity index (χ2v) is 5.23. The Morgan fingerprint density at radius 1 is 1.15 bits per heavy atom. The molecule has 0 saturated heterocycles. The van der Waals surface area contributed by atoms with E-state index in [4.69, 9.17) is 0 Å². The van der Waals surface area contributed by atoms with Crippen molar-refractivity contribution in [2.45, 2.75) is 46.0 Å². The molecule has 0 atom stereocenters. The fraction of sp³-hybridized carbons (Fsp3) is 0.750. The second-order valence-electron chi connectivity index (χ2n) is 5.23. The average Bonchev–Trinajstić information content (AvgIpc) is 2.50. The molecule has 0 unspecified atom stereocenters. The minimum absolute atomic E-state index is 0.0156. The largest absolute Gasteiger partial charge is 0.298 e. The molecule has 13 heavy (non-hydrogen) atoms. The highest BCUT2D eigenvalue weighted by Crippen LogP contribution is 2.49. The first kappa shape index (κ1) is 8.98. The van der Waals surface area contributed by atoms with Gasteiger partial charge in [-0.05, 0) is 25.7 Å². The molecule has 0 amide bonds. The van der Waals surface area contributed by atoms with Gasteiger partial charge < -0.3 is 0 Å². The fourth-order valence-corrected chi connectivity index (χ4v) is 2.90. The Morgan fingerprint density at radius 2 is 1.77 bits per heavy atom. The van der Waals surface area contributed by atoms with Crippen LogP contribution >= 0.6 is 0 Å². The number of hydrogen-bond acceptors (Lipinski definition) is 1. The maximum absolute atomic E-state index is 12.2. The van der Waals surface area contributed by atoms with Crippen LogP contribution < -0.4 is 0 Å². The molecule has 1 saturated carbocycles. The number of hydrogen-bond donors (Lipinski definition) is 0. The van der Waals surface area contributed by atoms with Crippen molar-refractivity contribution in [3.05, 3.63) is 12.2 Å². The topological polar surface area (TPSA) is 17.1 Å². The zero-order valence-corrected chi connectivity index (χ0v) is 8.60. The van der Waals surface area contributed by atoms with E-state index in [1.807, 2.05) is 0 Å². The summed E-state index contributed by atoms with van der Waals surface area (Å²) in [6.45, 7) is 4.21. The Labute approximate surface area is 80.2 Å². The Bertz CT molecular complexity index is 252. The fourth-order valence-electron chi connectivity index (χ4n) is 2.90. The molecule has 2 aliphatic rings. The van der Waals surface area contributed by atoms with E-state index in [-0.39, 0.29) is 10.8 Å². The molecule has 1 heteroatoms. The molecule has 1 spiro atoms. The zero-order valence-electron chi connectivity index (χ0n) is 8.60. The van der Waals surface area contributed by atoms with E-state index in [0.29, 0.717) is 5.78 Å². The Morgan fingerprint density at radius 3 is 2.38 bits per heavy atom. The van der Waals surface area contributed by atoms with Gasteiger partial charge in [0.25, 0.3) is 0 Å². The Balaban J connectivity index is 2.26. The van der Waals surface area contributed by atoms with Crippen molar-refractivity contribution in [3.63, 3.8) is 0 Å². The van der Waals surface area contributed by atoms with E-state index in [9.17, 15) is 4.79 Å². The van der Waals surface area contributed by atoms with Gasteiger partial charge in [-0.3, -0.25) is 4.79 Å². The molecule has 0 heterocycles. The molecule has 0 aromatic heterocycles. The number of Topliss-reactive ketones (excluding diaryl/α,β-unsaturated/α-hetero) is 1. The summed E-state index contributed by atoms with van der Waals surface area (Å²) in [5.41, 5.74) is -0.0496. The van der Waals surface area contributed by atoms with Crippen molar-refractivity contribution in [3.8, 4) is 0 Å². The van der Waals surface area contributed by atoms with Crippen LogP contribution in [-0.4, -0.2) is 5.78 Å². The number of rotatable bonds is 0. The van der Waals surface area contributed by atoms with Crippen molar-refractivity contribution in [2.75, 3.05) is 0 Å². The molecule has 0 aromatic rings. The van der Waals surface area contributed by atoms with Gasteiger partial charge in [-0.25, -0.2) is 0 Å². The van der Waals surface area contributed by atoms with Gasteiger partial charge in [-0.15, -0.1) is 0 Å². The summed E-state index contributed by atoms with van der Waals surface area (Å²) in [4.78, 5) is 12.2. The third-order valence-electron chi connectivity index (χ3n) is 3.74. The lowest BCUT2D eigenvalue weighted by molar-refractivity contribution is -0.141. The summed E-state index contributed by atoms with van der Waals surface area (Å²) in [7, 11) is 0. The summed E-state index contributed by atoms with van der Waals surface area (Å²) in [6.07, 6.45) is 9.76. The van der Waals surface area contributed by atoms with Gasteiger partial charge in [0.1, 0.15) is 5.78 Å². The van der Waals surface area contributed by atoms with Crippen molar-refractivity contribution in [2.24, 2.45) is 10.8 Å². The normalized spacial score (nSPS) is 29.8. The molecule has 0 aromatic carbocycles. The minimum atomic E-state index is -0.0652. The monoisotopic (exact) mass is 178 g/mol. The highest BCUT2D eigenvalue weighted by atomic mass is 16.1. The minimum Gasteiger partial charge on any atom is -0.298 e. The molecule has 1 fully saturated rings. The first-order valence-electron chi connectivity index (χ1n) is 5.27. The van der Waals surface area contributed by atoms with Crippen LogP contribution in [0.4, 0.5) is 0 Å². The molecule has 72 valence electrons. The van der Waals surface area contributed by atoms with Crippen molar-refractivity contribution in [1.82, 2.24) is 0 Å². The van der Waals surface area contributed by atoms with Gasteiger partial charge in [-0.1, -0.05) is 32.4 Å². The standard InChI is InChI=1S/C12H18O/c1-11(2)6-5-9-12(10(11)13)7-3-4-8-12/h3-4H,5-9H2,1-2H3. The zero-order chi connectivity index (χ0) is 9.53. The Kier molecular flexibility index (Phi) is 1.86. The van der Waals surface area contributed by atoms with Crippen LogP contribution in [0, 0.1) is 10.8 Å². The average molecular weight is 178 g/mol. The van der Waals surface area contributed by atoms with Crippen molar-refractivity contribution in [1.29, 1.82) is 0 Å². The third kappa shape index (κ3) is 1.25. The summed E-state index contributed by atoms with van der Waals surface area (Å²) < 4.78 is 0. The van der Waals surface area contributed by atoms with Gasteiger partial charge in [0.15, 0.2) is 0 Å². The molecular weight excluding hydrogens is 160 g/mol. The van der Waals surface area contributed by atoms with Gasteiger partial charge >= 0.3 is 0 Å². The van der Waals surface area contributed by atoms with Crippen LogP contribution in [0.25, 0.3) is 0 Å². The van der Waals surface area contributed by atoms with E-state index in [2.05, 4.69) is 26.0 Å². The highest BCUT2D eigenvalue weighted by molar-refractivity contribution is 5.91. The predicted octanol–water partition coefficient (Wildman–Crippen LogP) is 3.10. The van der Waals surface area contributed by atoms with E-state index in [0.717, 1.165) is 25.7 Å². The van der Waals surface area contributed by atoms with Gasteiger partial charge in [0, 0.05) is 10.8 Å². The Hall–Kier alpha value is -0.590. The molecule has 0 radical (unpaired) electrons. The quantitative estimate of drug-likeness (QED) is 0.521. The van der Waals surface area contributed by atoms with E-state index >= 15 is 0 Å². The number of carbonyl (C=O) groups is 1. The van der Waals surface area contributed by atoms with E-state index < -0.39 is 0 Å². The molecule has 0 aliphatic heterocycles. The lowest BCUT2D eigenvalue weighted by Gasteiger charge is -2.41. The summed E-state index contributed by atoms with van der Waals surface area (Å²) in [5.74, 6) is 0.510. The first-order valence-corrected chi connectivity index (χ1v) is 5.27. The predicted molar refractivity (Wildman–Crippen MR) is 53.4 cm³/mol. The lowest BCUT2D eigenvalue weighted by atomic mass is 9.61. The lowest BCUT2D eigenvalue weighted by Crippen LogP contribution is -2.43. The summed E-state index contributed by atoms with van der Waals surface area (Å²) in [5, 5.41) is 0. The van der Waals surface area contributed by atoms with Gasteiger partial charge in [0.2, 0.25) is 0 Å². The van der Waals surface area contributed by atoms with Gasteiger partial charge in [-0.2, -0.15) is 0 Å². The highest BCUT2D eigenvalue weighted by Gasteiger charge is 2.48. The molecule has 2 rings (SSSR count). The number of ketones is 1. The van der Waals surface area contributed by atoms with Crippen LogP contribution in [0.15, 0.2) is 12.2 Å². The van der Waals surface area contributed by atoms with E-state index in [1.54, 1.807) is 0 Å².